The zero-order chi connectivity index (χ0) is 16.9. The van der Waals surface area contributed by atoms with Gasteiger partial charge < -0.3 is 11.1 Å². The summed E-state index contributed by atoms with van der Waals surface area (Å²) in [4.78, 5) is 14.1. The lowest BCUT2D eigenvalue weighted by molar-refractivity contribution is -0.0587. The number of nitrogens with zero attached hydrogens (tertiary/aromatic N) is 3. The Balaban J connectivity index is 1.48. The van der Waals surface area contributed by atoms with Crippen LogP contribution in [0.25, 0.3) is 11.5 Å². The Kier molecular flexibility index (Phi) is 3.52. The first-order chi connectivity index (χ1) is 12.3. The van der Waals surface area contributed by atoms with Gasteiger partial charge in [-0.15, -0.1) is 0 Å². The molecule has 1 spiro atoms. The number of hydrogen-bond donors (Lipinski definition) is 2. The van der Waals surface area contributed by atoms with Crippen LogP contribution in [0.3, 0.4) is 0 Å². The fourth-order valence-corrected chi connectivity index (χ4v) is 5.08. The fourth-order valence-electron chi connectivity index (χ4n) is 5.08. The van der Waals surface area contributed by atoms with Crippen molar-refractivity contribution in [2.24, 2.45) is 17.1 Å². The second-order valence-corrected chi connectivity index (χ2v) is 7.84. The van der Waals surface area contributed by atoms with E-state index in [1.54, 1.807) is 6.20 Å². The van der Waals surface area contributed by atoms with Crippen molar-refractivity contribution in [2.75, 3.05) is 11.9 Å². The first kappa shape index (κ1) is 15.3. The first-order valence-corrected chi connectivity index (χ1v) is 9.58. The van der Waals surface area contributed by atoms with Crippen molar-refractivity contribution < 1.29 is 0 Å². The second-order valence-electron chi connectivity index (χ2n) is 7.84. The SMILES string of the molecule is NCC1CC(Nc2nc(-c3ccccn3)nc3c2CCC3)C12CCC2. The van der Waals surface area contributed by atoms with Gasteiger partial charge in [-0.3, -0.25) is 4.98 Å². The minimum atomic E-state index is 0.427. The monoisotopic (exact) mass is 335 g/mol. The van der Waals surface area contributed by atoms with Crippen molar-refractivity contribution in [3.05, 3.63) is 35.7 Å². The van der Waals surface area contributed by atoms with E-state index in [9.17, 15) is 0 Å². The molecule has 0 aliphatic heterocycles. The van der Waals surface area contributed by atoms with E-state index in [2.05, 4.69) is 10.3 Å². The lowest BCUT2D eigenvalue weighted by Gasteiger charge is -2.62. The van der Waals surface area contributed by atoms with Gasteiger partial charge in [0.2, 0.25) is 0 Å². The smallest absolute Gasteiger partial charge is 0.180 e. The summed E-state index contributed by atoms with van der Waals surface area (Å²) in [7, 11) is 0. The van der Waals surface area contributed by atoms with E-state index in [0.29, 0.717) is 17.4 Å². The normalized spacial score (nSPS) is 26.0. The molecule has 2 aromatic heterocycles. The predicted molar refractivity (Wildman–Crippen MR) is 98.1 cm³/mol. The van der Waals surface area contributed by atoms with Crippen LogP contribution in [0.2, 0.25) is 0 Å². The molecule has 130 valence electrons. The highest BCUT2D eigenvalue weighted by atomic mass is 15.1. The molecule has 2 fully saturated rings. The number of anilines is 1. The number of pyridine rings is 1. The Hall–Kier alpha value is -2.01. The maximum atomic E-state index is 6.00. The summed E-state index contributed by atoms with van der Waals surface area (Å²) >= 11 is 0. The summed E-state index contributed by atoms with van der Waals surface area (Å²) < 4.78 is 0. The summed E-state index contributed by atoms with van der Waals surface area (Å²) in [6.45, 7) is 0.819. The lowest BCUT2D eigenvalue weighted by Crippen LogP contribution is -2.62. The topological polar surface area (TPSA) is 76.7 Å². The molecule has 2 atom stereocenters. The minimum Gasteiger partial charge on any atom is -0.366 e. The van der Waals surface area contributed by atoms with Crippen LogP contribution in [0.4, 0.5) is 5.82 Å². The number of aromatic nitrogens is 3. The van der Waals surface area contributed by atoms with Crippen LogP contribution < -0.4 is 11.1 Å². The van der Waals surface area contributed by atoms with Gasteiger partial charge in [0.05, 0.1) is 0 Å². The van der Waals surface area contributed by atoms with E-state index in [-0.39, 0.29) is 0 Å². The van der Waals surface area contributed by atoms with E-state index < -0.39 is 0 Å². The van der Waals surface area contributed by atoms with Gasteiger partial charge in [0.1, 0.15) is 11.5 Å². The van der Waals surface area contributed by atoms with Crippen LogP contribution >= 0.6 is 0 Å². The van der Waals surface area contributed by atoms with Gasteiger partial charge in [-0.2, -0.15) is 0 Å². The molecule has 0 amide bonds. The third-order valence-electron chi connectivity index (χ3n) is 6.73. The molecule has 5 nitrogen and oxygen atoms in total. The van der Waals surface area contributed by atoms with Crippen LogP contribution in [0.15, 0.2) is 24.4 Å². The fraction of sp³-hybridized carbons (Fsp3) is 0.550. The van der Waals surface area contributed by atoms with E-state index in [4.69, 9.17) is 15.7 Å². The lowest BCUT2D eigenvalue weighted by atomic mass is 9.47. The highest BCUT2D eigenvalue weighted by molar-refractivity contribution is 5.58. The molecular weight excluding hydrogens is 310 g/mol. The van der Waals surface area contributed by atoms with E-state index in [0.717, 1.165) is 36.7 Å². The number of hydrogen-bond acceptors (Lipinski definition) is 5. The molecule has 0 saturated heterocycles. The van der Waals surface area contributed by atoms with Gasteiger partial charge in [-0.1, -0.05) is 12.5 Å². The number of nitrogens with two attached hydrogens (primary N) is 1. The van der Waals surface area contributed by atoms with Crippen molar-refractivity contribution in [2.45, 2.75) is 51.0 Å². The zero-order valence-electron chi connectivity index (χ0n) is 14.5. The van der Waals surface area contributed by atoms with Crippen molar-refractivity contribution in [3.63, 3.8) is 0 Å². The average Bonchev–Trinajstić information content (AvgIpc) is 3.06. The van der Waals surface area contributed by atoms with E-state index >= 15 is 0 Å². The van der Waals surface area contributed by atoms with Crippen LogP contribution in [-0.4, -0.2) is 27.5 Å². The Morgan fingerprint density at radius 2 is 2.08 bits per heavy atom. The maximum Gasteiger partial charge on any atom is 0.180 e. The Bertz CT molecular complexity index is 784. The van der Waals surface area contributed by atoms with Crippen molar-refractivity contribution in [1.29, 1.82) is 0 Å². The standard InChI is InChI=1S/C20H25N5/c21-12-13-11-17(20(13)8-4-9-20)24-18-14-5-3-7-15(14)23-19(25-18)16-6-1-2-10-22-16/h1-2,6,10,13,17H,3-5,7-9,11-12,21H2,(H,23,24,25). The summed E-state index contributed by atoms with van der Waals surface area (Å²) in [6.07, 6.45) is 10.3. The molecule has 3 aliphatic carbocycles. The van der Waals surface area contributed by atoms with Gasteiger partial charge in [0.25, 0.3) is 0 Å². The molecule has 3 aliphatic rings. The number of nitrogens with one attached hydrogen (secondary N) is 1. The Morgan fingerprint density at radius 1 is 1.16 bits per heavy atom. The first-order valence-electron chi connectivity index (χ1n) is 9.58. The molecule has 3 N–H and O–H groups in total. The number of fused-ring (bicyclic) bond motifs is 1. The summed E-state index contributed by atoms with van der Waals surface area (Å²) in [5.41, 5.74) is 9.81. The third kappa shape index (κ3) is 2.29. The molecule has 0 radical (unpaired) electrons. The molecule has 5 heteroatoms. The zero-order valence-corrected chi connectivity index (χ0v) is 14.5. The molecule has 25 heavy (non-hydrogen) atoms. The van der Waals surface area contributed by atoms with E-state index in [1.165, 1.54) is 43.4 Å². The van der Waals surface area contributed by atoms with E-state index in [1.807, 2.05) is 18.2 Å². The summed E-state index contributed by atoms with van der Waals surface area (Å²) in [6, 6.07) is 6.43. The molecule has 2 saturated carbocycles. The largest absolute Gasteiger partial charge is 0.366 e. The molecule has 2 unspecified atom stereocenters. The van der Waals surface area contributed by atoms with Crippen molar-refractivity contribution >= 4 is 5.82 Å². The molecule has 5 rings (SSSR count). The molecule has 2 heterocycles. The quantitative estimate of drug-likeness (QED) is 0.898. The van der Waals surface area contributed by atoms with Gasteiger partial charge >= 0.3 is 0 Å². The van der Waals surface area contributed by atoms with Crippen LogP contribution in [-0.2, 0) is 12.8 Å². The van der Waals surface area contributed by atoms with Crippen molar-refractivity contribution in [3.8, 4) is 11.5 Å². The Morgan fingerprint density at radius 3 is 2.80 bits per heavy atom. The number of rotatable bonds is 4. The third-order valence-corrected chi connectivity index (χ3v) is 6.73. The van der Waals surface area contributed by atoms with Crippen LogP contribution in [0, 0.1) is 11.3 Å². The molecule has 0 bridgehead atoms. The highest BCUT2D eigenvalue weighted by Gasteiger charge is 2.57. The highest BCUT2D eigenvalue weighted by Crippen LogP contribution is 2.60. The van der Waals surface area contributed by atoms with Crippen LogP contribution in [0.1, 0.15) is 43.4 Å². The van der Waals surface area contributed by atoms with Gasteiger partial charge in [-0.25, -0.2) is 9.97 Å². The average molecular weight is 335 g/mol. The van der Waals surface area contributed by atoms with Gasteiger partial charge in [0.15, 0.2) is 5.82 Å². The molecule has 2 aromatic rings. The van der Waals surface area contributed by atoms with Gasteiger partial charge in [-0.05, 0) is 68.5 Å². The summed E-state index contributed by atoms with van der Waals surface area (Å²) in [5.74, 6) is 2.49. The maximum absolute atomic E-state index is 6.00. The Labute approximate surface area is 148 Å². The van der Waals surface area contributed by atoms with Crippen LogP contribution in [0.5, 0.6) is 0 Å². The predicted octanol–water partition coefficient (Wildman–Crippen LogP) is 2.96. The number of aryl methyl sites for hydroxylation is 1. The minimum absolute atomic E-state index is 0.427. The second kappa shape index (κ2) is 5.77. The van der Waals surface area contributed by atoms with Gasteiger partial charge in [0, 0.05) is 23.5 Å². The summed E-state index contributed by atoms with van der Waals surface area (Å²) in [5, 5.41) is 3.81. The van der Waals surface area contributed by atoms with Crippen molar-refractivity contribution in [1.82, 2.24) is 15.0 Å². The molecule has 0 aromatic carbocycles. The molecular formula is C20H25N5.